The van der Waals surface area contributed by atoms with Gasteiger partial charge in [-0.1, -0.05) is 13.0 Å². The van der Waals surface area contributed by atoms with E-state index in [-0.39, 0.29) is 6.04 Å². The maximum absolute atomic E-state index is 5.93. The monoisotopic (exact) mass is 267 g/mol. The van der Waals surface area contributed by atoms with Crippen LogP contribution in [0.1, 0.15) is 31.3 Å². The van der Waals surface area contributed by atoms with Crippen molar-refractivity contribution in [3.8, 4) is 0 Å². The highest BCUT2D eigenvalue weighted by Crippen LogP contribution is 2.23. The number of hydrogen-bond donors (Lipinski definition) is 1. The Morgan fingerprint density at radius 1 is 1.53 bits per heavy atom. The molecule has 0 saturated carbocycles. The van der Waals surface area contributed by atoms with Crippen LogP contribution in [0.5, 0.6) is 0 Å². The number of nitrogens with two attached hydrogens (primary N) is 1. The lowest BCUT2D eigenvalue weighted by Gasteiger charge is -2.09. The molecule has 0 spiro atoms. The Bertz CT molecular complexity index is 488. The van der Waals surface area contributed by atoms with Gasteiger partial charge in [0.2, 0.25) is 0 Å². The van der Waals surface area contributed by atoms with E-state index >= 15 is 0 Å². The predicted octanol–water partition coefficient (Wildman–Crippen LogP) is 2.68. The first-order chi connectivity index (χ1) is 7.15. The van der Waals surface area contributed by atoms with Gasteiger partial charge in [0.1, 0.15) is 10.3 Å². The van der Waals surface area contributed by atoms with Crippen LogP contribution in [-0.4, -0.2) is 9.38 Å². The van der Waals surface area contributed by atoms with Crippen molar-refractivity contribution in [2.24, 2.45) is 5.73 Å². The van der Waals surface area contributed by atoms with Crippen LogP contribution in [0, 0.1) is 0 Å². The van der Waals surface area contributed by atoms with Crippen molar-refractivity contribution in [3.63, 3.8) is 0 Å². The molecular formula is C11H14BrN3. The molecule has 80 valence electrons. The van der Waals surface area contributed by atoms with Gasteiger partial charge in [-0.15, -0.1) is 0 Å². The second-order valence-corrected chi connectivity index (χ2v) is 4.39. The highest BCUT2D eigenvalue weighted by atomic mass is 79.9. The van der Waals surface area contributed by atoms with Crippen LogP contribution in [0.4, 0.5) is 0 Å². The molecule has 0 amide bonds. The number of aromatic nitrogens is 2. The molecule has 2 aromatic heterocycles. The van der Waals surface area contributed by atoms with Crippen molar-refractivity contribution in [1.82, 2.24) is 9.38 Å². The number of nitrogens with zero attached hydrogens (tertiary/aromatic N) is 2. The standard InChI is InChI=1S/C11H14BrN3/c1-3-8-11(12)15-9(7(2)13)5-4-6-10(15)14-8/h4-7H,3,13H2,1-2H3. The van der Waals surface area contributed by atoms with Crippen molar-refractivity contribution in [1.29, 1.82) is 0 Å². The van der Waals surface area contributed by atoms with Gasteiger partial charge in [-0.05, 0) is 41.4 Å². The molecule has 3 nitrogen and oxygen atoms in total. The van der Waals surface area contributed by atoms with Crippen LogP contribution in [0.3, 0.4) is 0 Å². The van der Waals surface area contributed by atoms with Crippen LogP contribution in [0.15, 0.2) is 22.8 Å². The number of hydrogen-bond acceptors (Lipinski definition) is 2. The van der Waals surface area contributed by atoms with E-state index in [4.69, 9.17) is 5.73 Å². The second-order valence-electron chi connectivity index (χ2n) is 3.64. The van der Waals surface area contributed by atoms with Gasteiger partial charge in [-0.25, -0.2) is 4.98 Å². The smallest absolute Gasteiger partial charge is 0.138 e. The molecular weight excluding hydrogens is 254 g/mol. The Balaban J connectivity index is 2.78. The van der Waals surface area contributed by atoms with E-state index in [1.54, 1.807) is 0 Å². The highest BCUT2D eigenvalue weighted by Gasteiger charge is 2.12. The Morgan fingerprint density at radius 2 is 2.27 bits per heavy atom. The van der Waals surface area contributed by atoms with Gasteiger partial charge in [0.25, 0.3) is 0 Å². The summed E-state index contributed by atoms with van der Waals surface area (Å²) in [6.45, 7) is 4.07. The van der Waals surface area contributed by atoms with Gasteiger partial charge in [0, 0.05) is 11.7 Å². The first-order valence-electron chi connectivity index (χ1n) is 5.06. The molecule has 0 fully saturated rings. The van der Waals surface area contributed by atoms with Gasteiger partial charge >= 0.3 is 0 Å². The minimum Gasteiger partial charge on any atom is -0.323 e. The average molecular weight is 268 g/mol. The summed E-state index contributed by atoms with van der Waals surface area (Å²) >= 11 is 3.58. The van der Waals surface area contributed by atoms with Crippen LogP contribution in [0.25, 0.3) is 5.65 Å². The fourth-order valence-corrected chi connectivity index (χ4v) is 2.46. The van der Waals surface area contributed by atoms with Crippen LogP contribution < -0.4 is 5.73 Å². The van der Waals surface area contributed by atoms with Crippen molar-refractivity contribution in [2.75, 3.05) is 0 Å². The van der Waals surface area contributed by atoms with Gasteiger partial charge in [0.05, 0.1) is 5.69 Å². The summed E-state index contributed by atoms with van der Waals surface area (Å²) in [5.41, 5.74) is 9.03. The molecule has 15 heavy (non-hydrogen) atoms. The summed E-state index contributed by atoms with van der Waals surface area (Å²) < 4.78 is 3.09. The zero-order chi connectivity index (χ0) is 11.0. The summed E-state index contributed by atoms with van der Waals surface area (Å²) in [5, 5.41) is 0. The fourth-order valence-electron chi connectivity index (χ4n) is 1.71. The van der Waals surface area contributed by atoms with Crippen LogP contribution in [0.2, 0.25) is 0 Å². The third-order valence-electron chi connectivity index (χ3n) is 2.48. The summed E-state index contributed by atoms with van der Waals surface area (Å²) in [6.07, 6.45) is 0.917. The molecule has 1 atom stereocenters. The lowest BCUT2D eigenvalue weighted by molar-refractivity contribution is 0.758. The van der Waals surface area contributed by atoms with E-state index in [2.05, 4.69) is 32.2 Å². The van der Waals surface area contributed by atoms with Gasteiger partial charge < -0.3 is 5.73 Å². The first-order valence-corrected chi connectivity index (χ1v) is 5.85. The predicted molar refractivity (Wildman–Crippen MR) is 64.9 cm³/mol. The molecule has 0 aliphatic rings. The Labute approximate surface area is 97.4 Å². The molecule has 0 aliphatic heterocycles. The SMILES string of the molecule is CCc1nc2cccc(C(C)N)n2c1Br. The van der Waals surface area contributed by atoms with Crippen molar-refractivity contribution in [2.45, 2.75) is 26.3 Å². The van der Waals surface area contributed by atoms with E-state index in [9.17, 15) is 0 Å². The van der Waals surface area contributed by atoms with Gasteiger partial charge in [0.15, 0.2) is 0 Å². The average Bonchev–Trinajstić information content (AvgIpc) is 2.55. The normalized spacial score (nSPS) is 13.3. The molecule has 0 bridgehead atoms. The molecule has 2 heterocycles. The van der Waals surface area contributed by atoms with Crippen LogP contribution in [-0.2, 0) is 6.42 Å². The summed E-state index contributed by atoms with van der Waals surface area (Å²) in [4.78, 5) is 4.53. The number of aryl methyl sites for hydroxylation is 1. The Morgan fingerprint density at radius 3 is 2.87 bits per heavy atom. The molecule has 1 unspecified atom stereocenters. The number of rotatable bonds is 2. The number of pyridine rings is 1. The Hall–Kier alpha value is -0.870. The molecule has 2 rings (SSSR count). The topological polar surface area (TPSA) is 43.3 Å². The van der Waals surface area contributed by atoms with Crippen LogP contribution >= 0.6 is 15.9 Å². The maximum Gasteiger partial charge on any atom is 0.138 e. The highest BCUT2D eigenvalue weighted by molar-refractivity contribution is 9.10. The molecule has 0 radical (unpaired) electrons. The Kier molecular flexibility index (Phi) is 2.80. The summed E-state index contributed by atoms with van der Waals surface area (Å²) in [6, 6.07) is 6.02. The zero-order valence-corrected chi connectivity index (χ0v) is 10.5. The molecule has 0 aliphatic carbocycles. The number of halogens is 1. The second kappa shape index (κ2) is 3.94. The zero-order valence-electron chi connectivity index (χ0n) is 8.87. The van der Waals surface area contributed by atoms with Crippen molar-refractivity contribution in [3.05, 3.63) is 34.2 Å². The molecule has 0 saturated heterocycles. The lowest BCUT2D eigenvalue weighted by Crippen LogP contribution is -2.10. The summed E-state index contributed by atoms with van der Waals surface area (Å²) in [7, 11) is 0. The van der Waals surface area contributed by atoms with Gasteiger partial charge in [-0.2, -0.15) is 0 Å². The quantitative estimate of drug-likeness (QED) is 0.909. The maximum atomic E-state index is 5.93. The van der Waals surface area contributed by atoms with E-state index in [0.29, 0.717) is 0 Å². The van der Waals surface area contributed by atoms with Gasteiger partial charge in [-0.3, -0.25) is 4.40 Å². The molecule has 0 aromatic carbocycles. The first kappa shape index (κ1) is 10.6. The van der Waals surface area contributed by atoms with E-state index in [0.717, 1.165) is 28.1 Å². The molecule has 2 N–H and O–H groups in total. The molecule has 2 aromatic rings. The lowest BCUT2D eigenvalue weighted by atomic mass is 10.2. The molecule has 4 heteroatoms. The third kappa shape index (κ3) is 1.68. The van der Waals surface area contributed by atoms with E-state index < -0.39 is 0 Å². The fraction of sp³-hybridized carbons (Fsp3) is 0.364. The van der Waals surface area contributed by atoms with Crippen molar-refractivity contribution >= 4 is 21.6 Å². The minimum atomic E-state index is 0.00362. The van der Waals surface area contributed by atoms with Crippen molar-refractivity contribution < 1.29 is 0 Å². The van der Waals surface area contributed by atoms with E-state index in [1.165, 1.54) is 0 Å². The number of fused-ring (bicyclic) bond motifs is 1. The third-order valence-corrected chi connectivity index (χ3v) is 3.30. The minimum absolute atomic E-state index is 0.00362. The number of imidazole rings is 1. The van der Waals surface area contributed by atoms with E-state index in [1.807, 2.05) is 25.1 Å². The largest absolute Gasteiger partial charge is 0.323 e. The summed E-state index contributed by atoms with van der Waals surface area (Å²) in [5.74, 6) is 0.